The third-order valence-electron chi connectivity index (χ3n) is 10.4. The molecule has 0 radical (unpaired) electrons. The molecule has 0 bridgehead atoms. The molecule has 0 aromatic heterocycles. The van der Waals surface area contributed by atoms with E-state index in [2.05, 4.69) is 0 Å². The smallest absolute Gasteiger partial charge is 0.356 e. The molecule has 10 atom stereocenters. The zero-order valence-corrected chi connectivity index (χ0v) is 26.0. The topological polar surface area (TPSA) is 267 Å². The first kappa shape index (κ1) is 33.6. The summed E-state index contributed by atoms with van der Waals surface area (Å²) >= 11 is 0. The summed E-state index contributed by atoms with van der Waals surface area (Å²) in [5, 5.41) is 90.4. The number of hydrogen-bond acceptors (Lipinski definition) is 16. The predicted molar refractivity (Wildman–Crippen MR) is 156 cm³/mol. The first-order chi connectivity index (χ1) is 22.4. The fourth-order valence-electron chi connectivity index (χ4n) is 7.82. The van der Waals surface area contributed by atoms with E-state index in [-0.39, 0.29) is 24.0 Å². The molecule has 4 aliphatic rings. The van der Waals surface area contributed by atoms with E-state index in [0.717, 1.165) is 38.5 Å². The zero-order valence-electron chi connectivity index (χ0n) is 26.0. The zero-order chi connectivity index (χ0) is 35.5. The molecule has 2 aromatic carbocycles. The van der Waals surface area contributed by atoms with Crippen LogP contribution in [0, 0.1) is 11.8 Å². The molecule has 2 saturated carbocycles. The van der Waals surface area contributed by atoms with Gasteiger partial charge in [0.1, 0.15) is 46.3 Å². The van der Waals surface area contributed by atoms with Crippen molar-refractivity contribution < 1.29 is 79.0 Å². The molecular formula is C32H34O16. The summed E-state index contributed by atoms with van der Waals surface area (Å²) in [5.74, 6) is -10.2. The van der Waals surface area contributed by atoms with Crippen molar-refractivity contribution in [3.8, 4) is 34.1 Å². The van der Waals surface area contributed by atoms with Gasteiger partial charge in [0, 0.05) is 11.1 Å². The van der Waals surface area contributed by atoms with Crippen LogP contribution in [0.15, 0.2) is 24.3 Å². The van der Waals surface area contributed by atoms with E-state index < -0.39 is 116 Å². The number of ether oxygens (including phenoxy) is 4. The van der Waals surface area contributed by atoms with Crippen molar-refractivity contribution in [2.75, 3.05) is 14.2 Å². The molecule has 2 fully saturated rings. The number of ketones is 2. The Labute approximate surface area is 271 Å². The Kier molecular flexibility index (Phi) is 7.41. The van der Waals surface area contributed by atoms with E-state index in [0.29, 0.717) is 0 Å². The highest BCUT2D eigenvalue weighted by Gasteiger charge is 2.77. The molecule has 0 amide bonds. The van der Waals surface area contributed by atoms with Crippen LogP contribution in [0.4, 0.5) is 0 Å². The molecule has 10 unspecified atom stereocenters. The maximum atomic E-state index is 14.0. The fourth-order valence-corrected chi connectivity index (χ4v) is 7.82. The minimum atomic E-state index is -3.16. The summed E-state index contributed by atoms with van der Waals surface area (Å²) in [7, 11) is 1.84. The van der Waals surface area contributed by atoms with Crippen molar-refractivity contribution in [3.05, 3.63) is 35.4 Å². The molecule has 0 saturated heterocycles. The second-order valence-electron chi connectivity index (χ2n) is 12.9. The number of fused-ring (bicyclic) bond motifs is 4. The largest absolute Gasteiger partial charge is 0.506 e. The number of aliphatic hydroxyl groups is 6. The van der Waals surface area contributed by atoms with E-state index in [4.69, 9.17) is 18.9 Å². The Hall–Kier alpha value is -4.32. The number of rotatable bonds is 3. The maximum absolute atomic E-state index is 14.0. The van der Waals surface area contributed by atoms with Crippen LogP contribution in [-0.4, -0.2) is 125 Å². The lowest BCUT2D eigenvalue weighted by atomic mass is 9.60. The second-order valence-corrected chi connectivity index (χ2v) is 12.9. The third-order valence-corrected chi connectivity index (χ3v) is 10.4. The lowest BCUT2D eigenvalue weighted by Gasteiger charge is -2.55. The minimum absolute atomic E-state index is 0.357. The highest BCUT2D eigenvalue weighted by molar-refractivity contribution is 6.16. The molecular weight excluding hydrogens is 640 g/mol. The molecule has 6 rings (SSSR count). The first-order valence-corrected chi connectivity index (χ1v) is 15.0. The number of carbonyl (C=O) groups is 4. The van der Waals surface area contributed by atoms with Gasteiger partial charge in [-0.05, 0) is 48.9 Å². The summed E-state index contributed by atoms with van der Waals surface area (Å²) in [5.41, 5.74) is -14.2. The number of methoxy groups -OCH3 is 2. The molecule has 2 heterocycles. The van der Waals surface area contributed by atoms with Gasteiger partial charge in [-0.3, -0.25) is 9.59 Å². The number of esters is 2. The summed E-state index contributed by atoms with van der Waals surface area (Å²) in [6, 6.07) is 4.35. The summed E-state index contributed by atoms with van der Waals surface area (Å²) < 4.78 is 21.1. The quantitative estimate of drug-likeness (QED) is 0.176. The fraction of sp³-hybridized carbons (Fsp3) is 0.500. The monoisotopic (exact) mass is 674 g/mol. The lowest BCUT2D eigenvalue weighted by Crippen LogP contribution is -2.81. The molecule has 48 heavy (non-hydrogen) atoms. The summed E-state index contributed by atoms with van der Waals surface area (Å²) in [6.07, 6.45) is -8.39. The van der Waals surface area contributed by atoms with Crippen LogP contribution in [0.25, 0.3) is 11.1 Å². The SMILES string of the molecule is COC(=O)C12Oc3ccc(-c4ccc5c(c4O)C(=O)C4(O)C(O)CC(C)C(O)C4(C(=O)OC)O5)c(O)c3C(=O)C1(O)C(O)CC(C)C2O. The second kappa shape index (κ2) is 10.6. The Morgan fingerprint density at radius 1 is 0.688 bits per heavy atom. The standard InChI is InChI=1S/C32H34O16/c1-11-9-17(33)29(43)25(39)19-15(47-31(29,23(11)37)27(41)45-3)7-5-13(21(19)35)14-6-8-16-20(22(14)36)26(40)30(44)18(34)10-12(2)24(38)32(30,48-16)28(42)46-4/h5-8,11-12,17-18,23-24,33-38,43-44H,9-10H2,1-4H3. The Morgan fingerprint density at radius 3 is 1.33 bits per heavy atom. The van der Waals surface area contributed by atoms with Gasteiger partial charge in [0.25, 0.3) is 11.2 Å². The number of carbonyl (C=O) groups excluding carboxylic acids is 4. The molecule has 2 aliphatic heterocycles. The van der Waals surface area contributed by atoms with E-state index in [1.807, 2.05) is 0 Å². The van der Waals surface area contributed by atoms with Crippen molar-refractivity contribution in [3.63, 3.8) is 0 Å². The highest BCUT2D eigenvalue weighted by atomic mass is 16.6. The Bertz CT molecular complexity index is 1640. The van der Waals surface area contributed by atoms with Crippen molar-refractivity contribution in [1.29, 1.82) is 0 Å². The van der Waals surface area contributed by atoms with Gasteiger partial charge >= 0.3 is 11.9 Å². The van der Waals surface area contributed by atoms with Gasteiger partial charge in [-0.1, -0.05) is 13.8 Å². The van der Waals surface area contributed by atoms with Crippen LogP contribution in [0.5, 0.6) is 23.0 Å². The highest BCUT2D eigenvalue weighted by Crippen LogP contribution is 2.56. The van der Waals surface area contributed by atoms with Crippen LogP contribution in [0.3, 0.4) is 0 Å². The van der Waals surface area contributed by atoms with Crippen LogP contribution < -0.4 is 9.47 Å². The first-order valence-electron chi connectivity index (χ1n) is 15.0. The van der Waals surface area contributed by atoms with Crippen LogP contribution in [0.1, 0.15) is 47.4 Å². The van der Waals surface area contributed by atoms with Crippen LogP contribution in [0.2, 0.25) is 0 Å². The number of aromatic hydroxyl groups is 2. The molecule has 16 nitrogen and oxygen atoms in total. The molecule has 0 spiro atoms. The van der Waals surface area contributed by atoms with Crippen molar-refractivity contribution in [1.82, 2.24) is 0 Å². The number of benzene rings is 2. The number of Topliss-reactive ketones (excluding diaryl/α,β-unsaturated/α-hetero) is 2. The Morgan fingerprint density at radius 2 is 1.02 bits per heavy atom. The normalized spacial score (nSPS) is 38.3. The van der Waals surface area contributed by atoms with Gasteiger partial charge in [-0.25, -0.2) is 9.59 Å². The predicted octanol–water partition coefficient (Wildman–Crippen LogP) is -1.28. The van der Waals surface area contributed by atoms with E-state index in [9.17, 15) is 60.0 Å². The third kappa shape index (κ3) is 3.64. The van der Waals surface area contributed by atoms with Crippen molar-refractivity contribution >= 4 is 23.5 Å². The molecule has 8 N–H and O–H groups in total. The summed E-state index contributed by atoms with van der Waals surface area (Å²) in [6.45, 7) is 2.90. The van der Waals surface area contributed by atoms with Gasteiger partial charge < -0.3 is 59.8 Å². The lowest BCUT2D eigenvalue weighted by molar-refractivity contribution is -0.249. The molecule has 16 heteroatoms. The number of phenolic OH excluding ortho intramolecular Hbond substituents is 2. The van der Waals surface area contributed by atoms with Gasteiger partial charge in [-0.2, -0.15) is 0 Å². The van der Waals surface area contributed by atoms with Gasteiger partial charge in [0.05, 0.1) is 26.4 Å². The average Bonchev–Trinajstić information content (AvgIpc) is 3.05. The molecule has 2 aliphatic carbocycles. The van der Waals surface area contributed by atoms with Gasteiger partial charge in [-0.15, -0.1) is 0 Å². The maximum Gasteiger partial charge on any atom is 0.356 e. The number of hydrogen-bond donors (Lipinski definition) is 8. The van der Waals surface area contributed by atoms with Crippen molar-refractivity contribution in [2.45, 2.75) is 73.5 Å². The minimum Gasteiger partial charge on any atom is -0.506 e. The van der Waals surface area contributed by atoms with Crippen molar-refractivity contribution in [2.24, 2.45) is 11.8 Å². The number of phenols is 2. The summed E-state index contributed by atoms with van der Waals surface area (Å²) in [4.78, 5) is 54.2. The van der Waals surface area contributed by atoms with Gasteiger partial charge in [0.2, 0.25) is 22.8 Å². The van der Waals surface area contributed by atoms with E-state index in [1.54, 1.807) is 0 Å². The van der Waals surface area contributed by atoms with Crippen LogP contribution in [-0.2, 0) is 19.1 Å². The number of aliphatic hydroxyl groups excluding tert-OH is 4. The molecule has 258 valence electrons. The van der Waals surface area contributed by atoms with E-state index in [1.165, 1.54) is 13.8 Å². The molecule has 2 aromatic rings. The average molecular weight is 675 g/mol. The van der Waals surface area contributed by atoms with Gasteiger partial charge in [0.15, 0.2) is 0 Å². The van der Waals surface area contributed by atoms with Crippen LogP contribution >= 0.6 is 0 Å². The van der Waals surface area contributed by atoms with E-state index >= 15 is 0 Å². The Balaban J connectivity index is 1.53.